The molecule has 1 fully saturated rings. The van der Waals surface area contributed by atoms with Gasteiger partial charge < -0.3 is 9.73 Å². The Morgan fingerprint density at radius 3 is 2.83 bits per heavy atom. The van der Waals surface area contributed by atoms with E-state index in [1.807, 2.05) is 0 Å². The van der Waals surface area contributed by atoms with E-state index >= 15 is 0 Å². The van der Waals surface area contributed by atoms with Gasteiger partial charge in [0, 0.05) is 30.0 Å². The Bertz CT molecular complexity index is 709. The molecule has 3 rings (SSSR count). The lowest BCUT2D eigenvalue weighted by Gasteiger charge is -2.09. The molecule has 0 saturated heterocycles. The number of benzene rings is 1. The highest BCUT2D eigenvalue weighted by molar-refractivity contribution is 6.36. The van der Waals surface area contributed by atoms with Gasteiger partial charge in [-0.2, -0.15) is 0 Å². The summed E-state index contributed by atoms with van der Waals surface area (Å²) in [4.78, 5) is 16.2. The molecule has 24 heavy (non-hydrogen) atoms. The van der Waals surface area contributed by atoms with E-state index in [1.165, 1.54) is 25.7 Å². The van der Waals surface area contributed by atoms with Crippen molar-refractivity contribution in [3.8, 4) is 11.3 Å². The first-order chi connectivity index (χ1) is 11.6. The van der Waals surface area contributed by atoms with Crippen molar-refractivity contribution in [2.24, 2.45) is 5.92 Å². The normalized spacial score (nSPS) is 14.9. The highest BCUT2D eigenvalue weighted by atomic mass is 35.5. The van der Waals surface area contributed by atoms with Crippen LogP contribution in [0.4, 0.5) is 0 Å². The smallest absolute Gasteiger partial charge is 0.220 e. The number of oxazole rings is 1. The van der Waals surface area contributed by atoms with Crippen molar-refractivity contribution >= 4 is 29.1 Å². The van der Waals surface area contributed by atoms with Crippen molar-refractivity contribution in [3.05, 3.63) is 40.3 Å². The summed E-state index contributed by atoms with van der Waals surface area (Å²) in [5, 5.41) is 4.09. The molecule has 0 atom stereocenters. The van der Waals surface area contributed by atoms with E-state index in [4.69, 9.17) is 27.6 Å². The molecule has 0 aliphatic heterocycles. The van der Waals surface area contributed by atoms with Crippen LogP contribution in [-0.2, 0) is 11.2 Å². The van der Waals surface area contributed by atoms with E-state index in [0.717, 1.165) is 12.1 Å². The van der Waals surface area contributed by atoms with Gasteiger partial charge in [-0.1, -0.05) is 36.0 Å². The highest BCUT2D eigenvalue weighted by Gasteiger charge is 2.16. The second-order valence-corrected chi connectivity index (χ2v) is 7.04. The number of amides is 1. The standard InChI is InChI=1S/C18H20Cl2N2O2/c19-13-5-6-14(15(20)9-13)16-11-22-18(24-16)8-7-17(23)21-10-12-3-1-2-4-12/h5-6,9,11-12H,1-4,7-8,10H2,(H,21,23). The Morgan fingerprint density at radius 1 is 1.29 bits per heavy atom. The number of halogens is 2. The molecular weight excluding hydrogens is 347 g/mol. The van der Waals surface area contributed by atoms with Gasteiger partial charge in [0.05, 0.1) is 11.2 Å². The topological polar surface area (TPSA) is 55.1 Å². The van der Waals surface area contributed by atoms with E-state index < -0.39 is 0 Å². The van der Waals surface area contributed by atoms with Crippen LogP contribution in [0.3, 0.4) is 0 Å². The lowest BCUT2D eigenvalue weighted by atomic mass is 10.1. The minimum Gasteiger partial charge on any atom is -0.441 e. The molecule has 128 valence electrons. The Morgan fingerprint density at radius 2 is 2.08 bits per heavy atom. The predicted octanol–water partition coefficient (Wildman–Crippen LogP) is 4.89. The molecule has 1 aromatic carbocycles. The molecule has 4 nitrogen and oxygen atoms in total. The van der Waals surface area contributed by atoms with Crippen LogP contribution in [0.1, 0.15) is 38.0 Å². The van der Waals surface area contributed by atoms with Crippen molar-refractivity contribution < 1.29 is 9.21 Å². The molecule has 1 aromatic heterocycles. The lowest BCUT2D eigenvalue weighted by molar-refractivity contribution is -0.121. The highest BCUT2D eigenvalue weighted by Crippen LogP contribution is 2.30. The van der Waals surface area contributed by atoms with Crippen molar-refractivity contribution in [2.75, 3.05) is 6.54 Å². The maximum Gasteiger partial charge on any atom is 0.220 e. The number of aryl methyl sites for hydroxylation is 1. The van der Waals surface area contributed by atoms with Crippen LogP contribution in [0.15, 0.2) is 28.8 Å². The van der Waals surface area contributed by atoms with Crippen molar-refractivity contribution in [2.45, 2.75) is 38.5 Å². The first-order valence-corrected chi connectivity index (χ1v) is 9.04. The van der Waals surface area contributed by atoms with Gasteiger partial charge in [0.25, 0.3) is 0 Å². The predicted molar refractivity (Wildman–Crippen MR) is 95.2 cm³/mol. The van der Waals surface area contributed by atoms with E-state index in [9.17, 15) is 4.79 Å². The number of carbonyl (C=O) groups is 1. The molecule has 1 saturated carbocycles. The average Bonchev–Trinajstić information content (AvgIpc) is 3.22. The number of hydrogen-bond donors (Lipinski definition) is 1. The monoisotopic (exact) mass is 366 g/mol. The summed E-state index contributed by atoms with van der Waals surface area (Å²) < 4.78 is 5.70. The number of rotatable bonds is 6. The van der Waals surface area contributed by atoms with Gasteiger partial charge in [-0.15, -0.1) is 0 Å². The Balaban J connectivity index is 1.51. The summed E-state index contributed by atoms with van der Waals surface area (Å²) in [6.07, 6.45) is 7.50. The fourth-order valence-corrected chi connectivity index (χ4v) is 3.52. The molecule has 0 unspecified atom stereocenters. The number of nitrogens with zero attached hydrogens (tertiary/aromatic N) is 1. The Labute approximate surface area is 151 Å². The third kappa shape index (κ3) is 4.52. The maximum absolute atomic E-state index is 11.9. The van der Waals surface area contributed by atoms with Crippen LogP contribution in [0, 0.1) is 5.92 Å². The average molecular weight is 367 g/mol. The van der Waals surface area contributed by atoms with Crippen LogP contribution in [0.25, 0.3) is 11.3 Å². The fourth-order valence-electron chi connectivity index (χ4n) is 3.02. The first-order valence-electron chi connectivity index (χ1n) is 8.28. The minimum atomic E-state index is 0.0474. The minimum absolute atomic E-state index is 0.0474. The zero-order valence-electron chi connectivity index (χ0n) is 13.4. The summed E-state index contributed by atoms with van der Waals surface area (Å²) in [5.74, 6) is 1.81. The van der Waals surface area contributed by atoms with Crippen LogP contribution >= 0.6 is 23.2 Å². The molecule has 0 radical (unpaired) electrons. The van der Waals surface area contributed by atoms with Crippen molar-refractivity contribution in [1.29, 1.82) is 0 Å². The molecule has 1 aliphatic rings. The number of aromatic nitrogens is 1. The first kappa shape index (κ1) is 17.3. The van der Waals surface area contributed by atoms with E-state index in [0.29, 0.717) is 40.5 Å². The van der Waals surface area contributed by atoms with E-state index in [1.54, 1.807) is 24.4 Å². The van der Waals surface area contributed by atoms with Crippen LogP contribution in [0.2, 0.25) is 10.0 Å². The zero-order chi connectivity index (χ0) is 16.9. The van der Waals surface area contributed by atoms with Gasteiger partial charge >= 0.3 is 0 Å². The van der Waals surface area contributed by atoms with Gasteiger partial charge in [-0.05, 0) is 37.0 Å². The Hall–Kier alpha value is -1.52. The van der Waals surface area contributed by atoms with Crippen LogP contribution in [-0.4, -0.2) is 17.4 Å². The summed E-state index contributed by atoms with van der Waals surface area (Å²) in [6, 6.07) is 5.21. The van der Waals surface area contributed by atoms with E-state index in [-0.39, 0.29) is 5.91 Å². The Kier molecular flexibility index (Phi) is 5.80. The molecule has 6 heteroatoms. The van der Waals surface area contributed by atoms with Gasteiger partial charge in [-0.3, -0.25) is 4.79 Å². The molecule has 0 spiro atoms. The summed E-state index contributed by atoms with van der Waals surface area (Å²) in [6.45, 7) is 0.788. The van der Waals surface area contributed by atoms with E-state index in [2.05, 4.69) is 10.3 Å². The molecular formula is C18H20Cl2N2O2. The molecule has 2 aromatic rings. The summed E-state index contributed by atoms with van der Waals surface area (Å²) in [7, 11) is 0. The van der Waals surface area contributed by atoms with Crippen molar-refractivity contribution in [3.63, 3.8) is 0 Å². The largest absolute Gasteiger partial charge is 0.441 e. The third-order valence-corrected chi connectivity index (χ3v) is 4.93. The van der Waals surface area contributed by atoms with Crippen LogP contribution < -0.4 is 5.32 Å². The number of nitrogens with one attached hydrogen (secondary N) is 1. The fraction of sp³-hybridized carbons (Fsp3) is 0.444. The molecule has 1 heterocycles. The SMILES string of the molecule is O=C(CCc1ncc(-c2ccc(Cl)cc2Cl)o1)NCC1CCCC1. The molecule has 1 amide bonds. The third-order valence-electron chi connectivity index (χ3n) is 4.38. The summed E-state index contributed by atoms with van der Waals surface area (Å²) >= 11 is 12.1. The number of carbonyl (C=O) groups excluding carboxylic acids is 1. The lowest BCUT2D eigenvalue weighted by Crippen LogP contribution is -2.28. The summed E-state index contributed by atoms with van der Waals surface area (Å²) in [5.41, 5.74) is 0.741. The van der Waals surface area contributed by atoms with Gasteiger partial charge in [0.1, 0.15) is 0 Å². The molecule has 0 bridgehead atoms. The molecule has 1 N–H and O–H groups in total. The number of hydrogen-bond acceptors (Lipinski definition) is 3. The quantitative estimate of drug-likeness (QED) is 0.791. The second kappa shape index (κ2) is 8.04. The maximum atomic E-state index is 11.9. The zero-order valence-corrected chi connectivity index (χ0v) is 14.9. The molecule has 1 aliphatic carbocycles. The van der Waals surface area contributed by atoms with Gasteiger partial charge in [-0.25, -0.2) is 4.98 Å². The van der Waals surface area contributed by atoms with Crippen LogP contribution in [0.5, 0.6) is 0 Å². The van der Waals surface area contributed by atoms with Crippen molar-refractivity contribution in [1.82, 2.24) is 10.3 Å². The van der Waals surface area contributed by atoms with Gasteiger partial charge in [0.2, 0.25) is 5.91 Å². The van der Waals surface area contributed by atoms with Gasteiger partial charge in [0.15, 0.2) is 11.7 Å². The second-order valence-electron chi connectivity index (χ2n) is 6.20.